The maximum atomic E-state index is 9.08. The van der Waals surface area contributed by atoms with Crippen LogP contribution in [0.5, 0.6) is 5.75 Å². The first-order valence-corrected chi connectivity index (χ1v) is 4.93. The van der Waals surface area contributed by atoms with Gasteiger partial charge < -0.3 is 20.4 Å². The molecule has 0 heterocycles. The highest BCUT2D eigenvalue weighted by molar-refractivity contribution is 5.62. The zero-order valence-electron chi connectivity index (χ0n) is 9.17. The lowest BCUT2D eigenvalue weighted by molar-refractivity contribution is 0.125. The molecule has 0 aliphatic carbocycles. The van der Waals surface area contributed by atoms with Gasteiger partial charge in [0.15, 0.2) is 0 Å². The first-order chi connectivity index (χ1) is 7.77. The molecule has 1 atom stereocenters. The van der Waals surface area contributed by atoms with E-state index in [1.807, 2.05) is 24.3 Å². The first-order valence-electron chi connectivity index (χ1n) is 4.93. The van der Waals surface area contributed by atoms with Gasteiger partial charge in [-0.2, -0.15) is 0 Å². The molecule has 0 radical (unpaired) electrons. The molecule has 0 aliphatic heterocycles. The Morgan fingerprint density at radius 1 is 1.50 bits per heavy atom. The molecule has 0 aromatic heterocycles. The van der Waals surface area contributed by atoms with Crippen molar-refractivity contribution in [2.24, 2.45) is 10.9 Å². The number of para-hydroxylation sites is 1. The molecule has 5 heteroatoms. The number of benzene rings is 1. The number of hydrogen-bond acceptors (Lipinski definition) is 5. The van der Waals surface area contributed by atoms with Crippen LogP contribution in [0.3, 0.4) is 0 Å². The van der Waals surface area contributed by atoms with Crippen molar-refractivity contribution in [2.75, 3.05) is 13.7 Å². The summed E-state index contributed by atoms with van der Waals surface area (Å²) in [6.07, 6.45) is 0.493. The minimum Gasteiger partial charge on any atom is -0.496 e. The molecule has 16 heavy (non-hydrogen) atoms. The van der Waals surface area contributed by atoms with Gasteiger partial charge in [-0.3, -0.25) is 0 Å². The number of oxime groups is 1. The summed E-state index contributed by atoms with van der Waals surface area (Å²) in [7, 11) is 1.60. The third kappa shape index (κ3) is 3.88. The van der Waals surface area contributed by atoms with Crippen LogP contribution >= 0.6 is 0 Å². The largest absolute Gasteiger partial charge is 0.496 e. The predicted molar refractivity (Wildman–Crippen MR) is 61.3 cm³/mol. The fraction of sp³-hybridized carbons (Fsp3) is 0.364. The summed E-state index contributed by atoms with van der Waals surface area (Å²) >= 11 is 0. The lowest BCUT2D eigenvalue weighted by Gasteiger charge is -2.06. The van der Waals surface area contributed by atoms with Gasteiger partial charge in [0.05, 0.1) is 13.3 Å². The molecular weight excluding hydrogens is 208 g/mol. The molecule has 0 spiro atoms. The number of aliphatic hydroxyl groups is 1. The van der Waals surface area contributed by atoms with Crippen LogP contribution < -0.4 is 10.5 Å². The van der Waals surface area contributed by atoms with Crippen molar-refractivity contribution >= 4 is 6.21 Å². The van der Waals surface area contributed by atoms with E-state index in [-0.39, 0.29) is 13.2 Å². The number of nitrogens with two attached hydrogens (primary N) is 1. The van der Waals surface area contributed by atoms with Crippen molar-refractivity contribution in [1.82, 2.24) is 0 Å². The fourth-order valence-corrected chi connectivity index (χ4v) is 1.10. The van der Waals surface area contributed by atoms with Crippen LogP contribution in [-0.4, -0.2) is 31.1 Å². The topological polar surface area (TPSA) is 77.1 Å². The maximum Gasteiger partial charge on any atom is 0.145 e. The van der Waals surface area contributed by atoms with Gasteiger partial charge in [0.25, 0.3) is 0 Å². The predicted octanol–water partition coefficient (Wildman–Crippen LogP) is 0.517. The van der Waals surface area contributed by atoms with Crippen LogP contribution in [0.1, 0.15) is 5.56 Å². The summed E-state index contributed by atoms with van der Waals surface area (Å²) in [5.74, 6) is 0.747. The molecule has 0 bridgehead atoms. The molecule has 1 aromatic rings. The molecule has 1 aromatic carbocycles. The van der Waals surface area contributed by atoms with Crippen molar-refractivity contribution in [1.29, 1.82) is 0 Å². The van der Waals surface area contributed by atoms with Crippen LogP contribution in [0.4, 0.5) is 0 Å². The van der Waals surface area contributed by atoms with Crippen LogP contribution in [0.15, 0.2) is 29.4 Å². The van der Waals surface area contributed by atoms with E-state index in [9.17, 15) is 0 Å². The monoisotopic (exact) mass is 224 g/mol. The molecule has 1 unspecified atom stereocenters. The summed E-state index contributed by atoms with van der Waals surface area (Å²) in [5, 5.41) is 12.7. The Kier molecular flexibility index (Phi) is 5.31. The molecule has 0 saturated heterocycles. The van der Waals surface area contributed by atoms with E-state index < -0.39 is 6.10 Å². The summed E-state index contributed by atoms with van der Waals surface area (Å²) in [6, 6.07) is 7.49. The van der Waals surface area contributed by atoms with Crippen LogP contribution in [0.2, 0.25) is 0 Å². The Morgan fingerprint density at radius 3 is 2.94 bits per heavy atom. The zero-order valence-corrected chi connectivity index (χ0v) is 9.17. The number of aliphatic hydroxyl groups excluding tert-OH is 1. The van der Waals surface area contributed by atoms with Gasteiger partial charge in [-0.15, -0.1) is 0 Å². The Hall–Kier alpha value is -1.59. The highest BCUT2D eigenvalue weighted by Crippen LogP contribution is 2.17. The Labute approximate surface area is 94.5 Å². The standard InChI is InChI=1S/C11H16N2O3/c1-15-11-5-3-2-4-9(11)8-16-13-7-10(14)6-12/h2-5,7,10,14H,6,8,12H2,1H3/b13-7+. The second-order valence-corrected chi connectivity index (χ2v) is 3.14. The second kappa shape index (κ2) is 6.81. The Balaban J connectivity index is 2.45. The Morgan fingerprint density at radius 2 is 2.25 bits per heavy atom. The minimum absolute atomic E-state index is 0.127. The van der Waals surface area contributed by atoms with Gasteiger partial charge in [-0.1, -0.05) is 23.4 Å². The normalized spacial score (nSPS) is 12.7. The van der Waals surface area contributed by atoms with Gasteiger partial charge in [0, 0.05) is 12.1 Å². The molecule has 0 aliphatic rings. The van der Waals surface area contributed by atoms with E-state index >= 15 is 0 Å². The first kappa shape index (κ1) is 12.5. The van der Waals surface area contributed by atoms with E-state index in [0.717, 1.165) is 11.3 Å². The lowest BCUT2D eigenvalue weighted by Crippen LogP contribution is -2.20. The lowest BCUT2D eigenvalue weighted by atomic mass is 10.2. The molecule has 3 N–H and O–H groups in total. The molecule has 0 saturated carbocycles. The van der Waals surface area contributed by atoms with Gasteiger partial charge in [0.2, 0.25) is 0 Å². The minimum atomic E-state index is -0.766. The van der Waals surface area contributed by atoms with Gasteiger partial charge >= 0.3 is 0 Å². The van der Waals surface area contributed by atoms with Crippen molar-refractivity contribution in [3.63, 3.8) is 0 Å². The SMILES string of the molecule is COc1ccccc1CO/N=C/C(O)CN. The van der Waals surface area contributed by atoms with Crippen LogP contribution in [0.25, 0.3) is 0 Å². The van der Waals surface area contributed by atoms with E-state index in [1.54, 1.807) is 7.11 Å². The van der Waals surface area contributed by atoms with E-state index in [2.05, 4.69) is 5.16 Å². The molecule has 0 amide bonds. The van der Waals surface area contributed by atoms with Crippen LogP contribution in [0, 0.1) is 0 Å². The number of hydrogen-bond donors (Lipinski definition) is 2. The van der Waals surface area contributed by atoms with Crippen molar-refractivity contribution in [3.05, 3.63) is 29.8 Å². The van der Waals surface area contributed by atoms with Crippen molar-refractivity contribution in [2.45, 2.75) is 12.7 Å². The van der Waals surface area contributed by atoms with Gasteiger partial charge in [0.1, 0.15) is 18.5 Å². The Bertz CT molecular complexity index is 342. The zero-order chi connectivity index (χ0) is 11.8. The summed E-state index contributed by atoms with van der Waals surface area (Å²) in [4.78, 5) is 5.01. The fourth-order valence-electron chi connectivity index (χ4n) is 1.10. The van der Waals surface area contributed by atoms with E-state index in [1.165, 1.54) is 6.21 Å². The average molecular weight is 224 g/mol. The van der Waals surface area contributed by atoms with E-state index in [4.69, 9.17) is 20.4 Å². The average Bonchev–Trinajstić information content (AvgIpc) is 2.34. The number of rotatable bonds is 6. The molecular formula is C11H16N2O3. The third-order valence-corrected chi connectivity index (χ3v) is 1.96. The third-order valence-electron chi connectivity index (χ3n) is 1.96. The maximum absolute atomic E-state index is 9.08. The van der Waals surface area contributed by atoms with E-state index in [0.29, 0.717) is 0 Å². The number of nitrogens with zero attached hydrogens (tertiary/aromatic N) is 1. The molecule has 88 valence electrons. The molecule has 1 rings (SSSR count). The quantitative estimate of drug-likeness (QED) is 0.545. The number of ether oxygens (including phenoxy) is 1. The summed E-state index contributed by atoms with van der Waals surface area (Å²) in [5.41, 5.74) is 6.09. The van der Waals surface area contributed by atoms with Crippen molar-refractivity contribution < 1.29 is 14.7 Å². The number of methoxy groups -OCH3 is 1. The molecule has 5 nitrogen and oxygen atoms in total. The summed E-state index contributed by atoms with van der Waals surface area (Å²) in [6.45, 7) is 0.416. The summed E-state index contributed by atoms with van der Waals surface area (Å²) < 4.78 is 5.14. The highest BCUT2D eigenvalue weighted by Gasteiger charge is 2.01. The van der Waals surface area contributed by atoms with Crippen molar-refractivity contribution in [3.8, 4) is 5.75 Å². The highest BCUT2D eigenvalue weighted by atomic mass is 16.6. The van der Waals surface area contributed by atoms with Crippen LogP contribution in [-0.2, 0) is 11.4 Å². The van der Waals surface area contributed by atoms with Gasteiger partial charge in [-0.25, -0.2) is 0 Å². The van der Waals surface area contributed by atoms with Gasteiger partial charge in [-0.05, 0) is 6.07 Å². The molecule has 0 fully saturated rings. The second-order valence-electron chi connectivity index (χ2n) is 3.14. The smallest absolute Gasteiger partial charge is 0.145 e.